The number of oxazole rings is 1. The second-order valence-electron chi connectivity index (χ2n) is 6.46. The molecule has 3 aromatic heterocycles. The fourth-order valence-corrected chi connectivity index (χ4v) is 3.33. The summed E-state index contributed by atoms with van der Waals surface area (Å²) in [6, 6.07) is 5.88. The molecule has 0 spiro atoms. The highest BCUT2D eigenvalue weighted by Gasteiger charge is 2.23. The number of hydrogen-bond acceptors (Lipinski definition) is 8. The summed E-state index contributed by atoms with van der Waals surface area (Å²) in [4.78, 5) is 16.7. The molecule has 1 unspecified atom stereocenters. The number of hydrogen-bond donors (Lipinski definition) is 2. The predicted octanol–water partition coefficient (Wildman–Crippen LogP) is 3.48. The van der Waals surface area contributed by atoms with E-state index in [9.17, 15) is 4.39 Å². The molecule has 0 amide bonds. The third-order valence-electron chi connectivity index (χ3n) is 4.74. The lowest BCUT2D eigenvalue weighted by Gasteiger charge is -2.17. The van der Waals surface area contributed by atoms with Crippen LogP contribution in [0.4, 0.5) is 15.9 Å². The average Bonchev–Trinajstić information content (AvgIpc) is 3.41. The van der Waals surface area contributed by atoms with Crippen molar-refractivity contribution in [1.82, 2.24) is 19.5 Å². The Morgan fingerprint density at radius 2 is 2.17 bits per heavy atom. The van der Waals surface area contributed by atoms with Crippen LogP contribution >= 0.6 is 0 Å². The number of nitrogens with zero attached hydrogens (tertiary/aromatic N) is 6. The van der Waals surface area contributed by atoms with E-state index in [1.807, 2.05) is 17.7 Å². The molecule has 4 N–H and O–H groups in total. The van der Waals surface area contributed by atoms with Crippen LogP contribution in [0, 0.1) is 5.82 Å². The van der Waals surface area contributed by atoms with Crippen LogP contribution in [-0.4, -0.2) is 31.4 Å². The van der Waals surface area contributed by atoms with Crippen molar-refractivity contribution in [2.75, 3.05) is 5.73 Å². The largest absolute Gasteiger partial charge is 0.443 e. The monoisotopic (exact) mass is 406 g/mol. The lowest BCUT2D eigenvalue weighted by molar-refractivity contribution is 0.571. The first kappa shape index (κ1) is 19.2. The van der Waals surface area contributed by atoms with Crippen LogP contribution in [0.5, 0.6) is 0 Å². The summed E-state index contributed by atoms with van der Waals surface area (Å²) in [6.07, 6.45) is 8.22. The number of nitrogen functional groups attached to an aromatic ring is 1. The number of rotatable bonds is 6. The lowest BCUT2D eigenvalue weighted by Crippen LogP contribution is -2.21. The van der Waals surface area contributed by atoms with Gasteiger partial charge in [0, 0.05) is 11.8 Å². The van der Waals surface area contributed by atoms with Crippen LogP contribution in [0.25, 0.3) is 22.4 Å². The first-order chi connectivity index (χ1) is 14.6. The SMILES string of the molecule is CCC(C(C=Nc1ccccc1F)=NN)n1cc(-c2cnco2)c2c(N)ncnc21. The minimum Gasteiger partial charge on any atom is -0.443 e. The zero-order chi connectivity index (χ0) is 21.1. The van der Waals surface area contributed by atoms with Gasteiger partial charge in [-0.1, -0.05) is 19.1 Å². The van der Waals surface area contributed by atoms with Crippen molar-refractivity contribution < 1.29 is 8.81 Å². The second-order valence-corrected chi connectivity index (χ2v) is 6.46. The van der Waals surface area contributed by atoms with E-state index in [1.165, 1.54) is 25.0 Å². The van der Waals surface area contributed by atoms with Crippen LogP contribution < -0.4 is 11.6 Å². The van der Waals surface area contributed by atoms with E-state index >= 15 is 0 Å². The molecule has 4 aromatic rings. The number of anilines is 1. The number of hydrazone groups is 1. The number of halogens is 1. The normalized spacial score (nSPS) is 13.3. The topological polar surface area (TPSA) is 134 Å². The fourth-order valence-electron chi connectivity index (χ4n) is 3.33. The highest BCUT2D eigenvalue weighted by Crippen LogP contribution is 2.35. The van der Waals surface area contributed by atoms with E-state index in [2.05, 4.69) is 25.0 Å². The van der Waals surface area contributed by atoms with Gasteiger partial charge >= 0.3 is 0 Å². The summed E-state index contributed by atoms with van der Waals surface area (Å²) in [5.41, 5.74) is 8.05. The Kier molecular flexibility index (Phi) is 5.21. The molecule has 152 valence electrons. The number of nitrogens with two attached hydrogens (primary N) is 2. The molecule has 0 bridgehead atoms. The molecule has 10 heteroatoms. The van der Waals surface area contributed by atoms with Gasteiger partial charge < -0.3 is 20.6 Å². The third kappa shape index (κ3) is 3.39. The molecular weight excluding hydrogens is 387 g/mol. The van der Waals surface area contributed by atoms with Gasteiger partial charge in [0.05, 0.1) is 29.5 Å². The van der Waals surface area contributed by atoms with Crippen molar-refractivity contribution in [3.05, 3.63) is 55.2 Å². The van der Waals surface area contributed by atoms with Crippen molar-refractivity contribution in [2.45, 2.75) is 19.4 Å². The molecule has 3 heterocycles. The summed E-state index contributed by atoms with van der Waals surface area (Å²) in [5.74, 6) is 6.08. The number of para-hydroxylation sites is 1. The Hall–Kier alpha value is -4.08. The molecule has 1 aromatic carbocycles. The quantitative estimate of drug-likeness (QED) is 0.286. The predicted molar refractivity (Wildman–Crippen MR) is 113 cm³/mol. The third-order valence-corrected chi connectivity index (χ3v) is 4.74. The van der Waals surface area contributed by atoms with Gasteiger partial charge in [-0.2, -0.15) is 5.10 Å². The van der Waals surface area contributed by atoms with Gasteiger partial charge in [0.1, 0.15) is 29.3 Å². The van der Waals surface area contributed by atoms with E-state index in [0.29, 0.717) is 40.3 Å². The van der Waals surface area contributed by atoms with Crippen LogP contribution in [0.2, 0.25) is 0 Å². The van der Waals surface area contributed by atoms with Crippen molar-refractivity contribution in [3.63, 3.8) is 0 Å². The second kappa shape index (κ2) is 8.11. The van der Waals surface area contributed by atoms with E-state index in [0.717, 1.165) is 0 Å². The van der Waals surface area contributed by atoms with Gasteiger partial charge in [-0.3, -0.25) is 4.99 Å². The van der Waals surface area contributed by atoms with Crippen molar-refractivity contribution in [2.24, 2.45) is 15.9 Å². The van der Waals surface area contributed by atoms with Gasteiger partial charge in [0.25, 0.3) is 0 Å². The van der Waals surface area contributed by atoms with Crippen LogP contribution in [0.15, 0.2) is 63.9 Å². The molecular formula is C20H19FN8O. The standard InChI is InChI=1S/C20H19FN8O/c1-2-16(15(28-23)7-25-14-6-4-3-5-13(14)21)29-9-12(17-8-24-11-30-17)18-19(22)26-10-27-20(18)29/h3-11,16H,2,23H2,1H3,(H2,22,26,27). The Morgan fingerprint density at radius 3 is 2.87 bits per heavy atom. The Bertz CT molecular complexity index is 1230. The highest BCUT2D eigenvalue weighted by atomic mass is 19.1. The van der Waals surface area contributed by atoms with E-state index in [4.69, 9.17) is 16.0 Å². The number of aliphatic imine (C=N–C) groups is 1. The minimum atomic E-state index is -0.433. The molecule has 0 saturated heterocycles. The maximum Gasteiger partial charge on any atom is 0.181 e. The van der Waals surface area contributed by atoms with Gasteiger partial charge in [0.15, 0.2) is 12.2 Å². The molecule has 0 aliphatic heterocycles. The molecule has 1 atom stereocenters. The molecule has 0 saturated carbocycles. The summed E-state index contributed by atoms with van der Waals surface area (Å²) in [5, 5.41) is 4.53. The number of aromatic nitrogens is 4. The summed E-state index contributed by atoms with van der Waals surface area (Å²) in [7, 11) is 0. The highest BCUT2D eigenvalue weighted by molar-refractivity contribution is 6.32. The summed E-state index contributed by atoms with van der Waals surface area (Å²) in [6.45, 7) is 1.97. The first-order valence-electron chi connectivity index (χ1n) is 9.20. The zero-order valence-corrected chi connectivity index (χ0v) is 16.1. The summed E-state index contributed by atoms with van der Waals surface area (Å²) < 4.78 is 21.3. The molecule has 9 nitrogen and oxygen atoms in total. The van der Waals surface area contributed by atoms with Gasteiger partial charge in [-0.15, -0.1) is 0 Å². The maximum absolute atomic E-state index is 13.9. The van der Waals surface area contributed by atoms with E-state index in [-0.39, 0.29) is 11.7 Å². The first-order valence-corrected chi connectivity index (χ1v) is 9.20. The lowest BCUT2D eigenvalue weighted by atomic mass is 10.1. The van der Waals surface area contributed by atoms with Crippen LogP contribution in [0.1, 0.15) is 19.4 Å². The number of fused-ring (bicyclic) bond motifs is 1. The molecule has 0 aliphatic carbocycles. The van der Waals surface area contributed by atoms with Gasteiger partial charge in [0.2, 0.25) is 0 Å². The van der Waals surface area contributed by atoms with Crippen molar-refractivity contribution in [1.29, 1.82) is 0 Å². The molecule has 4 rings (SSSR count). The molecule has 0 aliphatic rings. The smallest absolute Gasteiger partial charge is 0.181 e. The Balaban J connectivity index is 1.81. The average molecular weight is 406 g/mol. The Morgan fingerprint density at radius 1 is 1.33 bits per heavy atom. The van der Waals surface area contributed by atoms with Gasteiger partial charge in [-0.25, -0.2) is 19.3 Å². The summed E-state index contributed by atoms with van der Waals surface area (Å²) >= 11 is 0. The van der Waals surface area contributed by atoms with Crippen molar-refractivity contribution in [3.8, 4) is 11.3 Å². The van der Waals surface area contributed by atoms with Crippen molar-refractivity contribution >= 4 is 34.5 Å². The van der Waals surface area contributed by atoms with E-state index < -0.39 is 5.82 Å². The Labute approximate surface area is 171 Å². The number of benzene rings is 1. The van der Waals surface area contributed by atoms with Crippen LogP contribution in [-0.2, 0) is 0 Å². The zero-order valence-electron chi connectivity index (χ0n) is 16.1. The fraction of sp³-hybridized carbons (Fsp3) is 0.150. The molecule has 0 fully saturated rings. The van der Waals surface area contributed by atoms with E-state index in [1.54, 1.807) is 24.4 Å². The van der Waals surface area contributed by atoms with Gasteiger partial charge in [-0.05, 0) is 18.6 Å². The van der Waals surface area contributed by atoms with Crippen LogP contribution in [0.3, 0.4) is 0 Å². The minimum absolute atomic E-state index is 0.194. The molecule has 0 radical (unpaired) electrons. The molecule has 30 heavy (non-hydrogen) atoms. The maximum atomic E-state index is 13.9.